The van der Waals surface area contributed by atoms with Crippen molar-refractivity contribution in [2.75, 3.05) is 13.7 Å². The molecule has 1 rings (SSSR count). The van der Waals surface area contributed by atoms with E-state index in [4.69, 9.17) is 4.42 Å². The second-order valence-corrected chi connectivity index (χ2v) is 7.35. The first-order chi connectivity index (χ1) is 10.6. The molecule has 0 bridgehead atoms. The Bertz CT molecular complexity index is 529. The summed E-state index contributed by atoms with van der Waals surface area (Å²) in [5, 5.41) is 0. The first-order valence-corrected chi connectivity index (χ1v) is 7.93. The van der Waals surface area contributed by atoms with Gasteiger partial charge in [-0.15, -0.1) is 0 Å². The molecular weight excluding hydrogens is 296 g/mol. The summed E-state index contributed by atoms with van der Waals surface area (Å²) >= 11 is 0. The van der Waals surface area contributed by atoms with Crippen molar-refractivity contribution in [2.24, 2.45) is 11.3 Å². The van der Waals surface area contributed by atoms with Gasteiger partial charge in [-0.05, 0) is 17.8 Å². The molecule has 1 heterocycles. The first-order valence-electron chi connectivity index (χ1n) is 7.93. The topological polar surface area (TPSA) is 72.6 Å². The molecule has 1 aromatic heterocycles. The van der Waals surface area contributed by atoms with E-state index in [1.807, 2.05) is 20.8 Å². The van der Waals surface area contributed by atoms with E-state index >= 15 is 0 Å². The van der Waals surface area contributed by atoms with Gasteiger partial charge in [0.2, 0.25) is 11.8 Å². The Kier molecular flexibility index (Phi) is 6.79. The Hall–Kier alpha value is -1.85. The molecule has 6 nitrogen and oxygen atoms in total. The van der Waals surface area contributed by atoms with Gasteiger partial charge in [0.15, 0.2) is 5.69 Å². The first kappa shape index (κ1) is 19.2. The van der Waals surface area contributed by atoms with E-state index in [9.17, 15) is 9.59 Å². The quantitative estimate of drug-likeness (QED) is 0.720. The predicted molar refractivity (Wildman–Crippen MR) is 86.8 cm³/mol. The van der Waals surface area contributed by atoms with Gasteiger partial charge in [0.1, 0.15) is 6.26 Å². The number of ether oxygens (including phenoxy) is 1. The van der Waals surface area contributed by atoms with Crippen LogP contribution in [-0.4, -0.2) is 35.4 Å². The average molecular weight is 324 g/mol. The van der Waals surface area contributed by atoms with Gasteiger partial charge < -0.3 is 14.1 Å². The molecule has 0 atom stereocenters. The third-order valence-corrected chi connectivity index (χ3v) is 3.28. The highest BCUT2D eigenvalue weighted by molar-refractivity contribution is 5.86. The fourth-order valence-electron chi connectivity index (χ4n) is 2.02. The van der Waals surface area contributed by atoms with Crippen LogP contribution in [0.1, 0.15) is 63.8 Å². The van der Waals surface area contributed by atoms with E-state index in [0.29, 0.717) is 24.8 Å². The summed E-state index contributed by atoms with van der Waals surface area (Å²) in [7, 11) is 1.29. The molecule has 0 saturated carbocycles. The van der Waals surface area contributed by atoms with Gasteiger partial charge >= 0.3 is 5.97 Å². The number of esters is 1. The minimum Gasteiger partial charge on any atom is -0.464 e. The largest absolute Gasteiger partial charge is 0.464 e. The minimum atomic E-state index is -0.547. The summed E-state index contributed by atoms with van der Waals surface area (Å²) < 4.78 is 9.90. The van der Waals surface area contributed by atoms with E-state index in [-0.39, 0.29) is 23.6 Å². The Morgan fingerprint density at radius 1 is 1.35 bits per heavy atom. The Morgan fingerprint density at radius 2 is 2.00 bits per heavy atom. The highest BCUT2D eigenvalue weighted by atomic mass is 16.5. The molecule has 0 radical (unpaired) electrons. The highest BCUT2D eigenvalue weighted by Crippen LogP contribution is 2.21. The van der Waals surface area contributed by atoms with Crippen molar-refractivity contribution in [1.82, 2.24) is 9.88 Å². The lowest BCUT2D eigenvalue weighted by molar-refractivity contribution is -0.134. The van der Waals surface area contributed by atoms with Crippen LogP contribution in [0.15, 0.2) is 10.7 Å². The van der Waals surface area contributed by atoms with Gasteiger partial charge in [-0.2, -0.15) is 0 Å². The second-order valence-electron chi connectivity index (χ2n) is 7.35. The summed E-state index contributed by atoms with van der Waals surface area (Å²) in [6, 6.07) is 0. The standard InChI is InChI=1S/C17H28N2O4/c1-12(2)7-8-19(15(20)9-17(3,4)5)10-14-18-13(11-23-14)16(21)22-6/h11-12H,7-10H2,1-6H3. The zero-order valence-electron chi connectivity index (χ0n) is 15.0. The molecule has 6 heteroatoms. The number of nitrogens with zero attached hydrogens (tertiary/aromatic N) is 2. The van der Waals surface area contributed by atoms with Crippen molar-refractivity contribution in [3.05, 3.63) is 17.8 Å². The summed E-state index contributed by atoms with van der Waals surface area (Å²) in [5.41, 5.74) is 0.0376. The number of carbonyl (C=O) groups excluding carboxylic acids is 2. The van der Waals surface area contributed by atoms with Crippen LogP contribution in [0.5, 0.6) is 0 Å². The van der Waals surface area contributed by atoms with E-state index in [2.05, 4.69) is 23.6 Å². The molecule has 0 spiro atoms. The van der Waals surface area contributed by atoms with E-state index in [1.54, 1.807) is 4.90 Å². The van der Waals surface area contributed by atoms with Crippen LogP contribution < -0.4 is 0 Å². The third-order valence-electron chi connectivity index (χ3n) is 3.28. The van der Waals surface area contributed by atoms with Gasteiger partial charge in [-0.3, -0.25) is 4.79 Å². The molecule has 0 aliphatic rings. The molecule has 0 unspecified atom stereocenters. The maximum absolute atomic E-state index is 12.5. The number of oxazole rings is 1. The SMILES string of the molecule is COC(=O)c1coc(CN(CCC(C)C)C(=O)CC(C)(C)C)n1. The zero-order chi connectivity index (χ0) is 17.6. The lowest BCUT2D eigenvalue weighted by Crippen LogP contribution is -2.34. The fourth-order valence-corrected chi connectivity index (χ4v) is 2.02. The molecule has 0 saturated heterocycles. The summed E-state index contributed by atoms with van der Waals surface area (Å²) in [6.07, 6.45) is 2.62. The summed E-state index contributed by atoms with van der Waals surface area (Å²) in [6.45, 7) is 11.2. The number of carbonyl (C=O) groups is 2. The van der Waals surface area contributed by atoms with Crippen LogP contribution >= 0.6 is 0 Å². The summed E-state index contributed by atoms with van der Waals surface area (Å²) in [4.78, 5) is 29.8. The third kappa shape index (κ3) is 6.84. The number of aromatic nitrogens is 1. The Labute approximate surface area is 138 Å². The van der Waals surface area contributed by atoms with Gasteiger partial charge in [0.25, 0.3) is 0 Å². The molecule has 1 aromatic rings. The smallest absolute Gasteiger partial charge is 0.360 e. The van der Waals surface area contributed by atoms with Gasteiger partial charge in [-0.25, -0.2) is 9.78 Å². The molecule has 0 N–H and O–H groups in total. The van der Waals surface area contributed by atoms with E-state index in [0.717, 1.165) is 6.42 Å². The number of hydrogen-bond acceptors (Lipinski definition) is 5. The number of methoxy groups -OCH3 is 1. The number of amides is 1. The number of hydrogen-bond donors (Lipinski definition) is 0. The second kappa shape index (κ2) is 8.13. The number of rotatable bonds is 7. The van der Waals surface area contributed by atoms with Crippen LogP contribution in [0.3, 0.4) is 0 Å². The lowest BCUT2D eigenvalue weighted by atomic mass is 9.91. The van der Waals surface area contributed by atoms with Crippen LogP contribution in [-0.2, 0) is 16.1 Å². The van der Waals surface area contributed by atoms with Crippen LogP contribution in [0.4, 0.5) is 0 Å². The van der Waals surface area contributed by atoms with Crippen molar-refractivity contribution in [3.8, 4) is 0 Å². The molecule has 130 valence electrons. The molecule has 0 fully saturated rings. The van der Waals surface area contributed by atoms with Crippen LogP contribution in [0, 0.1) is 11.3 Å². The monoisotopic (exact) mass is 324 g/mol. The van der Waals surface area contributed by atoms with E-state index in [1.165, 1.54) is 13.4 Å². The highest BCUT2D eigenvalue weighted by Gasteiger charge is 2.23. The zero-order valence-corrected chi connectivity index (χ0v) is 15.0. The van der Waals surface area contributed by atoms with Crippen molar-refractivity contribution < 1.29 is 18.7 Å². The van der Waals surface area contributed by atoms with Gasteiger partial charge in [0, 0.05) is 13.0 Å². The van der Waals surface area contributed by atoms with Crippen molar-refractivity contribution in [1.29, 1.82) is 0 Å². The van der Waals surface area contributed by atoms with Crippen molar-refractivity contribution in [3.63, 3.8) is 0 Å². The minimum absolute atomic E-state index is 0.0657. The molecule has 23 heavy (non-hydrogen) atoms. The van der Waals surface area contributed by atoms with Crippen LogP contribution in [0.25, 0.3) is 0 Å². The Balaban J connectivity index is 2.81. The van der Waals surface area contributed by atoms with E-state index < -0.39 is 5.97 Å². The summed E-state index contributed by atoms with van der Waals surface area (Å²) in [5.74, 6) is 0.359. The van der Waals surface area contributed by atoms with Gasteiger partial charge in [-0.1, -0.05) is 34.6 Å². The molecule has 0 aliphatic carbocycles. The fraction of sp³-hybridized carbons (Fsp3) is 0.706. The lowest BCUT2D eigenvalue weighted by Gasteiger charge is -2.26. The maximum Gasteiger partial charge on any atom is 0.360 e. The Morgan fingerprint density at radius 3 is 2.52 bits per heavy atom. The molecule has 0 aliphatic heterocycles. The maximum atomic E-state index is 12.5. The normalized spacial score (nSPS) is 11.6. The van der Waals surface area contributed by atoms with Crippen molar-refractivity contribution in [2.45, 2.75) is 54.0 Å². The predicted octanol–water partition coefficient (Wildman–Crippen LogP) is 3.27. The van der Waals surface area contributed by atoms with Gasteiger partial charge in [0.05, 0.1) is 13.7 Å². The molecular formula is C17H28N2O4. The van der Waals surface area contributed by atoms with Crippen LogP contribution in [0.2, 0.25) is 0 Å². The van der Waals surface area contributed by atoms with Crippen molar-refractivity contribution >= 4 is 11.9 Å². The average Bonchev–Trinajstić information content (AvgIpc) is 2.88. The molecule has 1 amide bonds. The molecule has 0 aromatic carbocycles.